The smallest absolute Gasteiger partial charge is 0.235 e. The second-order valence-corrected chi connectivity index (χ2v) is 6.69. The summed E-state index contributed by atoms with van der Waals surface area (Å²) in [6.07, 6.45) is 5.79. The maximum Gasteiger partial charge on any atom is 0.235 e. The van der Waals surface area contributed by atoms with E-state index in [0.717, 1.165) is 41.7 Å². The van der Waals surface area contributed by atoms with Gasteiger partial charge in [-0.2, -0.15) is 4.99 Å². The number of nitrogens with zero attached hydrogens (tertiary/aromatic N) is 1. The summed E-state index contributed by atoms with van der Waals surface area (Å²) in [4.78, 5) is 15.1. The minimum atomic E-state index is -0.541. The second-order valence-electron chi connectivity index (χ2n) is 6.69. The first-order chi connectivity index (χ1) is 10.6. The Morgan fingerprint density at radius 1 is 1.14 bits per heavy atom. The van der Waals surface area contributed by atoms with Gasteiger partial charge >= 0.3 is 0 Å². The molecule has 0 aromatic heterocycles. The Morgan fingerprint density at radius 3 is 2.36 bits per heavy atom. The van der Waals surface area contributed by atoms with Crippen molar-refractivity contribution in [3.05, 3.63) is 16.7 Å². The van der Waals surface area contributed by atoms with Gasteiger partial charge in [0.1, 0.15) is 23.5 Å². The third-order valence-electron chi connectivity index (χ3n) is 5.10. The lowest BCUT2D eigenvalue weighted by molar-refractivity contribution is 0.219. The second kappa shape index (κ2) is 4.50. The number of hydrogen-bond acceptors (Lipinski definition) is 5. The summed E-state index contributed by atoms with van der Waals surface area (Å²) in [6.45, 7) is 3.96. The monoisotopic (exact) mass is 301 g/mol. The molecule has 1 aromatic carbocycles. The molecule has 0 amide bonds. The average molecular weight is 301 g/mol. The van der Waals surface area contributed by atoms with Gasteiger partial charge in [0.25, 0.3) is 0 Å². The largest absolute Gasteiger partial charge is 0.504 e. The normalized spacial score (nSPS) is 27.0. The topological polar surface area (TPSA) is 68.1 Å². The quantitative estimate of drug-likeness (QED) is 0.673. The highest BCUT2D eigenvalue weighted by atomic mass is 16.5. The van der Waals surface area contributed by atoms with E-state index in [4.69, 9.17) is 9.47 Å². The minimum absolute atomic E-state index is 0.0111. The Kier molecular flexibility index (Phi) is 2.79. The number of carbonyl (C=O) groups excluding carboxylic acids is 1. The summed E-state index contributed by atoms with van der Waals surface area (Å²) in [5, 5.41) is 10.6. The van der Waals surface area contributed by atoms with Crippen LogP contribution in [-0.2, 0) is 23.2 Å². The first-order valence-electron chi connectivity index (χ1n) is 7.89. The standard InChI is InChI=1S/C17H19NO4/c1-9-6-11-13(17(18-8-19)4-3-5-17)15-12(7-10(2)21-15)14(20)16(11)22-9/h9-10,20H,3-7H2,1-2H3. The number of benzene rings is 1. The Hall–Kier alpha value is -2.00. The van der Waals surface area contributed by atoms with Crippen molar-refractivity contribution in [3.8, 4) is 17.2 Å². The summed E-state index contributed by atoms with van der Waals surface area (Å²) < 4.78 is 11.8. The third-order valence-corrected chi connectivity index (χ3v) is 5.10. The molecule has 5 heteroatoms. The van der Waals surface area contributed by atoms with E-state index in [1.165, 1.54) is 0 Å². The van der Waals surface area contributed by atoms with E-state index in [1.807, 2.05) is 13.8 Å². The van der Waals surface area contributed by atoms with Gasteiger partial charge in [0, 0.05) is 29.5 Å². The molecule has 2 heterocycles. The summed E-state index contributed by atoms with van der Waals surface area (Å²) in [7, 11) is 0. The van der Waals surface area contributed by atoms with Crippen molar-refractivity contribution < 1.29 is 19.4 Å². The molecule has 116 valence electrons. The van der Waals surface area contributed by atoms with Crippen LogP contribution in [0, 0.1) is 0 Å². The van der Waals surface area contributed by atoms with Crippen molar-refractivity contribution in [3.63, 3.8) is 0 Å². The summed E-state index contributed by atoms with van der Waals surface area (Å²) >= 11 is 0. The van der Waals surface area contributed by atoms with E-state index in [1.54, 1.807) is 6.08 Å². The molecule has 3 aliphatic rings. The number of aliphatic imine (C=N–C) groups is 1. The lowest BCUT2D eigenvalue weighted by Crippen LogP contribution is -2.33. The summed E-state index contributed by atoms with van der Waals surface area (Å²) in [5.41, 5.74) is 2.17. The molecule has 0 bridgehead atoms. The molecule has 2 atom stereocenters. The van der Waals surface area contributed by atoms with Gasteiger partial charge in [-0.05, 0) is 33.1 Å². The van der Waals surface area contributed by atoms with Crippen molar-refractivity contribution in [2.75, 3.05) is 0 Å². The first kappa shape index (κ1) is 13.6. The van der Waals surface area contributed by atoms with Gasteiger partial charge in [0.15, 0.2) is 11.5 Å². The molecule has 1 aromatic rings. The molecular formula is C17H19NO4. The summed E-state index contributed by atoms with van der Waals surface area (Å²) in [6, 6.07) is 0. The lowest BCUT2D eigenvalue weighted by Gasteiger charge is -2.39. The third kappa shape index (κ3) is 1.66. The first-order valence-corrected chi connectivity index (χ1v) is 7.89. The number of isocyanates is 1. The zero-order valence-corrected chi connectivity index (χ0v) is 12.8. The number of rotatable bonds is 2. The molecule has 1 saturated carbocycles. The molecule has 2 unspecified atom stereocenters. The number of aromatic hydroxyl groups is 1. The van der Waals surface area contributed by atoms with Crippen LogP contribution < -0.4 is 9.47 Å². The molecule has 1 aliphatic carbocycles. The van der Waals surface area contributed by atoms with Gasteiger partial charge in [-0.1, -0.05) is 0 Å². The molecule has 1 fully saturated rings. The highest BCUT2D eigenvalue weighted by Crippen LogP contribution is 2.58. The SMILES string of the molecule is CC1Cc2c(c(O)c3c(c2C2(N=C=O)CCC2)OC(C)C3)O1. The van der Waals surface area contributed by atoms with Crippen molar-refractivity contribution >= 4 is 6.08 Å². The minimum Gasteiger partial charge on any atom is -0.504 e. The van der Waals surface area contributed by atoms with E-state index in [9.17, 15) is 9.90 Å². The molecule has 22 heavy (non-hydrogen) atoms. The molecule has 0 radical (unpaired) electrons. The maximum absolute atomic E-state index is 11.0. The fourth-order valence-corrected chi connectivity index (χ4v) is 4.00. The zero-order chi connectivity index (χ0) is 15.5. The zero-order valence-electron chi connectivity index (χ0n) is 12.8. The van der Waals surface area contributed by atoms with E-state index in [-0.39, 0.29) is 18.0 Å². The highest BCUT2D eigenvalue weighted by Gasteiger charge is 2.48. The van der Waals surface area contributed by atoms with Crippen LogP contribution in [0.5, 0.6) is 17.2 Å². The number of phenols is 1. The maximum atomic E-state index is 11.0. The number of phenolic OH excluding ortho intramolecular Hbond substituents is 1. The van der Waals surface area contributed by atoms with E-state index < -0.39 is 5.54 Å². The van der Waals surface area contributed by atoms with Gasteiger partial charge in [-0.3, -0.25) is 0 Å². The fraction of sp³-hybridized carbons (Fsp3) is 0.588. The Bertz CT molecular complexity index is 662. The van der Waals surface area contributed by atoms with Gasteiger partial charge in [0.05, 0.1) is 0 Å². The van der Waals surface area contributed by atoms with Gasteiger partial charge in [0.2, 0.25) is 6.08 Å². The Morgan fingerprint density at radius 2 is 1.77 bits per heavy atom. The van der Waals surface area contributed by atoms with Crippen molar-refractivity contribution in [2.24, 2.45) is 4.99 Å². The molecule has 1 N–H and O–H groups in total. The van der Waals surface area contributed by atoms with Gasteiger partial charge in [-0.25, -0.2) is 4.79 Å². The van der Waals surface area contributed by atoms with E-state index in [0.29, 0.717) is 18.6 Å². The lowest BCUT2D eigenvalue weighted by atomic mass is 9.69. The number of ether oxygens (including phenoxy) is 2. The molecular weight excluding hydrogens is 282 g/mol. The predicted molar refractivity (Wildman–Crippen MR) is 79.3 cm³/mol. The number of hydrogen-bond donors (Lipinski definition) is 1. The molecule has 0 saturated heterocycles. The van der Waals surface area contributed by atoms with Crippen LogP contribution in [0.15, 0.2) is 4.99 Å². The van der Waals surface area contributed by atoms with Crippen molar-refractivity contribution in [2.45, 2.75) is 63.7 Å². The van der Waals surface area contributed by atoms with E-state index in [2.05, 4.69) is 4.99 Å². The van der Waals surface area contributed by atoms with Crippen LogP contribution in [-0.4, -0.2) is 23.4 Å². The molecule has 4 rings (SSSR count). The van der Waals surface area contributed by atoms with Crippen LogP contribution in [0.1, 0.15) is 49.8 Å². The predicted octanol–water partition coefficient (Wildman–Crippen LogP) is 2.75. The molecule has 0 spiro atoms. The van der Waals surface area contributed by atoms with Crippen LogP contribution in [0.25, 0.3) is 0 Å². The van der Waals surface area contributed by atoms with Crippen LogP contribution in [0.2, 0.25) is 0 Å². The Balaban J connectivity index is 2.00. The number of fused-ring (bicyclic) bond motifs is 2. The average Bonchev–Trinajstić information content (AvgIpc) is 2.99. The highest BCUT2D eigenvalue weighted by molar-refractivity contribution is 5.68. The van der Waals surface area contributed by atoms with Crippen molar-refractivity contribution in [1.29, 1.82) is 0 Å². The van der Waals surface area contributed by atoms with Gasteiger partial charge < -0.3 is 14.6 Å². The van der Waals surface area contributed by atoms with Crippen LogP contribution in [0.3, 0.4) is 0 Å². The molecule has 2 aliphatic heterocycles. The molecule has 5 nitrogen and oxygen atoms in total. The van der Waals surface area contributed by atoms with Gasteiger partial charge in [-0.15, -0.1) is 0 Å². The summed E-state index contributed by atoms with van der Waals surface area (Å²) in [5.74, 6) is 1.48. The van der Waals surface area contributed by atoms with Crippen molar-refractivity contribution in [1.82, 2.24) is 0 Å². The van der Waals surface area contributed by atoms with Crippen LogP contribution in [0.4, 0.5) is 0 Å². The fourth-order valence-electron chi connectivity index (χ4n) is 4.00. The Labute approximate surface area is 129 Å². The van der Waals surface area contributed by atoms with E-state index >= 15 is 0 Å². The van der Waals surface area contributed by atoms with Crippen LogP contribution >= 0.6 is 0 Å².